The van der Waals surface area contributed by atoms with Gasteiger partial charge in [-0.05, 0) is 60.6 Å². The highest BCUT2D eigenvalue weighted by Crippen LogP contribution is 2.34. The predicted molar refractivity (Wildman–Crippen MR) is 121 cm³/mol. The summed E-state index contributed by atoms with van der Waals surface area (Å²) in [7, 11) is 0. The molecule has 0 unspecified atom stereocenters. The monoisotopic (exact) mass is 461 g/mol. The van der Waals surface area contributed by atoms with E-state index in [4.69, 9.17) is 0 Å². The van der Waals surface area contributed by atoms with E-state index in [-0.39, 0.29) is 23.2 Å². The average molecular weight is 462 g/mol. The first kappa shape index (κ1) is 24.7. The van der Waals surface area contributed by atoms with Crippen molar-refractivity contribution < 1.29 is 22.8 Å². The molecule has 1 aromatic heterocycles. The number of halogens is 3. The van der Waals surface area contributed by atoms with Crippen LogP contribution in [0.2, 0.25) is 0 Å². The first-order chi connectivity index (χ1) is 15.7. The lowest BCUT2D eigenvalue weighted by Crippen LogP contribution is -2.50. The van der Waals surface area contributed by atoms with Crippen LogP contribution in [0.4, 0.5) is 18.9 Å². The molecule has 33 heavy (non-hydrogen) atoms. The molecule has 0 radical (unpaired) electrons. The summed E-state index contributed by atoms with van der Waals surface area (Å²) in [4.78, 5) is 30.5. The molecule has 2 atom stereocenters. The summed E-state index contributed by atoms with van der Waals surface area (Å²) in [5, 5.41) is 2.89. The maximum Gasteiger partial charge on any atom is 0.471 e. The van der Waals surface area contributed by atoms with Gasteiger partial charge in [-0.2, -0.15) is 13.2 Å². The van der Waals surface area contributed by atoms with Gasteiger partial charge in [0.25, 0.3) is 0 Å². The molecule has 1 fully saturated rings. The van der Waals surface area contributed by atoms with Crippen LogP contribution < -0.4 is 10.2 Å². The average Bonchev–Trinajstić information content (AvgIpc) is 2.82. The highest BCUT2D eigenvalue weighted by Gasteiger charge is 2.47. The van der Waals surface area contributed by atoms with E-state index in [1.165, 1.54) is 36.7 Å². The summed E-state index contributed by atoms with van der Waals surface area (Å²) >= 11 is 0. The zero-order valence-corrected chi connectivity index (χ0v) is 18.9. The van der Waals surface area contributed by atoms with Crippen molar-refractivity contribution >= 4 is 17.5 Å². The van der Waals surface area contributed by atoms with Crippen LogP contribution in [0.25, 0.3) is 0 Å². The fraction of sp³-hybridized carbons (Fsp3) is 0.480. The van der Waals surface area contributed by atoms with Gasteiger partial charge >= 0.3 is 12.1 Å². The van der Waals surface area contributed by atoms with Crippen molar-refractivity contribution in [2.45, 2.75) is 76.6 Å². The molecule has 1 aliphatic rings. The number of hydrogen-bond acceptors (Lipinski definition) is 3. The van der Waals surface area contributed by atoms with Crippen molar-refractivity contribution in [1.29, 1.82) is 0 Å². The summed E-state index contributed by atoms with van der Waals surface area (Å²) in [6.45, 7) is 4.04. The topological polar surface area (TPSA) is 62.3 Å². The minimum Gasteiger partial charge on any atom is -0.351 e. The fourth-order valence-corrected chi connectivity index (χ4v) is 4.21. The number of nitrogens with zero attached hydrogens (tertiary/aromatic N) is 2. The predicted octanol–water partition coefficient (Wildman–Crippen LogP) is 5.68. The van der Waals surface area contributed by atoms with Gasteiger partial charge in [0.15, 0.2) is 0 Å². The van der Waals surface area contributed by atoms with Crippen molar-refractivity contribution in [1.82, 2.24) is 10.3 Å². The van der Waals surface area contributed by atoms with E-state index in [1.54, 1.807) is 12.1 Å². The summed E-state index contributed by atoms with van der Waals surface area (Å²) in [5.74, 6) is -2.49. The molecule has 8 heteroatoms. The molecule has 0 aliphatic heterocycles. The third-order valence-corrected chi connectivity index (χ3v) is 6.29. The molecule has 1 N–H and O–H groups in total. The van der Waals surface area contributed by atoms with Crippen molar-refractivity contribution in [3.8, 4) is 0 Å². The summed E-state index contributed by atoms with van der Waals surface area (Å²) in [6, 6.07) is 7.72. The van der Waals surface area contributed by atoms with Crippen LogP contribution in [0, 0.1) is 0 Å². The number of anilines is 1. The molecule has 0 bridgehead atoms. The first-order valence-electron chi connectivity index (χ1n) is 11.4. The Kier molecular flexibility index (Phi) is 8.10. The van der Waals surface area contributed by atoms with Crippen molar-refractivity contribution in [3.63, 3.8) is 0 Å². The minimum absolute atomic E-state index is 0.0185. The zero-order valence-electron chi connectivity index (χ0n) is 18.9. The smallest absolute Gasteiger partial charge is 0.351 e. The molecule has 2 amide bonds. The number of nitrogens with one attached hydrogen (secondary N) is 1. The lowest BCUT2D eigenvalue weighted by Gasteiger charge is -2.33. The molecule has 3 rings (SSSR count). The largest absolute Gasteiger partial charge is 0.471 e. The Balaban J connectivity index is 2.05. The van der Waals surface area contributed by atoms with E-state index in [0.717, 1.165) is 44.1 Å². The Morgan fingerprint density at radius 3 is 2.18 bits per heavy atom. The van der Waals surface area contributed by atoms with Crippen LogP contribution in [0.15, 0.2) is 48.8 Å². The molecule has 1 heterocycles. The number of hydrogen-bond donors (Lipinski definition) is 1. The molecule has 1 saturated carbocycles. The Labute approximate surface area is 192 Å². The Hall–Kier alpha value is -2.90. The molecular formula is C25H30F3N3O2. The maximum absolute atomic E-state index is 13.7. The molecular weight excluding hydrogens is 431 g/mol. The summed E-state index contributed by atoms with van der Waals surface area (Å²) < 4.78 is 41.1. The number of rotatable bonds is 7. The van der Waals surface area contributed by atoms with E-state index in [2.05, 4.69) is 10.3 Å². The second-order valence-corrected chi connectivity index (χ2v) is 8.60. The lowest BCUT2D eigenvalue weighted by molar-refractivity contribution is -0.171. The fourth-order valence-electron chi connectivity index (χ4n) is 4.21. The van der Waals surface area contributed by atoms with Gasteiger partial charge in [-0.3, -0.25) is 19.5 Å². The molecule has 1 aliphatic carbocycles. The third-order valence-electron chi connectivity index (χ3n) is 6.29. The van der Waals surface area contributed by atoms with Gasteiger partial charge in [0.2, 0.25) is 5.91 Å². The number of aromatic nitrogens is 1. The summed E-state index contributed by atoms with van der Waals surface area (Å²) in [5.41, 5.74) is 1.24. The number of carbonyl (C=O) groups excluding carboxylic acids is 2. The standard InChI is InChI=1S/C25H30F3N3O2/c1-3-17(2)18-9-11-21(12-10-18)31(24(33)25(26,27)28)22(19-13-15-29-16-14-19)23(32)30-20-7-5-4-6-8-20/h9-17,20,22H,3-8H2,1-2H3,(H,30,32)/t17-,22-/m0/s1. The van der Waals surface area contributed by atoms with Gasteiger partial charge in [0.1, 0.15) is 6.04 Å². The first-order valence-corrected chi connectivity index (χ1v) is 11.4. The second kappa shape index (κ2) is 10.8. The van der Waals surface area contributed by atoms with Crippen LogP contribution >= 0.6 is 0 Å². The highest BCUT2D eigenvalue weighted by molar-refractivity contribution is 6.03. The van der Waals surface area contributed by atoms with E-state index in [0.29, 0.717) is 4.90 Å². The lowest BCUT2D eigenvalue weighted by atomic mass is 9.94. The number of carbonyl (C=O) groups is 2. The van der Waals surface area contributed by atoms with E-state index < -0.39 is 24.0 Å². The number of pyridine rings is 1. The van der Waals surface area contributed by atoms with Gasteiger partial charge in [-0.15, -0.1) is 0 Å². The highest BCUT2D eigenvalue weighted by atomic mass is 19.4. The van der Waals surface area contributed by atoms with Gasteiger partial charge in [-0.1, -0.05) is 45.2 Å². The number of amides is 2. The van der Waals surface area contributed by atoms with Crippen LogP contribution in [0.1, 0.15) is 75.5 Å². The zero-order chi connectivity index (χ0) is 24.0. The Bertz CT molecular complexity index is 926. The molecule has 5 nitrogen and oxygen atoms in total. The molecule has 2 aromatic rings. The normalized spacial score (nSPS) is 16.6. The van der Waals surface area contributed by atoms with E-state index in [9.17, 15) is 22.8 Å². The Morgan fingerprint density at radius 1 is 1.03 bits per heavy atom. The summed E-state index contributed by atoms with van der Waals surface area (Å²) in [6.07, 6.45) is 3.04. The van der Waals surface area contributed by atoms with Gasteiger partial charge in [0, 0.05) is 24.1 Å². The number of benzene rings is 1. The van der Waals surface area contributed by atoms with Crippen LogP contribution in [0.3, 0.4) is 0 Å². The molecule has 1 aromatic carbocycles. The van der Waals surface area contributed by atoms with E-state index in [1.807, 2.05) is 13.8 Å². The molecule has 178 valence electrons. The van der Waals surface area contributed by atoms with Crippen LogP contribution in [-0.2, 0) is 9.59 Å². The minimum atomic E-state index is -5.15. The van der Waals surface area contributed by atoms with Crippen molar-refractivity contribution in [2.75, 3.05) is 4.90 Å². The maximum atomic E-state index is 13.7. The van der Waals surface area contributed by atoms with Crippen molar-refractivity contribution in [3.05, 3.63) is 59.9 Å². The third kappa shape index (κ3) is 6.12. The molecule has 0 saturated heterocycles. The van der Waals surface area contributed by atoms with Gasteiger partial charge in [0.05, 0.1) is 0 Å². The number of alkyl halides is 3. The Morgan fingerprint density at radius 2 is 1.64 bits per heavy atom. The SMILES string of the molecule is CC[C@H](C)c1ccc(N(C(=O)C(F)(F)F)[C@H](C(=O)NC2CCCCC2)c2ccncc2)cc1. The van der Waals surface area contributed by atoms with E-state index >= 15 is 0 Å². The van der Waals surface area contributed by atoms with Crippen LogP contribution in [0.5, 0.6) is 0 Å². The quantitative estimate of drug-likeness (QED) is 0.577. The second-order valence-electron chi connectivity index (χ2n) is 8.60. The molecule has 0 spiro atoms. The van der Waals surface area contributed by atoms with Crippen LogP contribution in [-0.4, -0.2) is 29.0 Å². The van der Waals surface area contributed by atoms with Crippen molar-refractivity contribution in [2.24, 2.45) is 0 Å². The van der Waals surface area contributed by atoms with Gasteiger partial charge in [-0.25, -0.2) is 0 Å². The van der Waals surface area contributed by atoms with Gasteiger partial charge < -0.3 is 5.32 Å².